The van der Waals surface area contributed by atoms with E-state index in [0.717, 1.165) is 26.1 Å². The van der Waals surface area contributed by atoms with E-state index in [-0.39, 0.29) is 5.91 Å². The smallest absolute Gasteiger partial charge is 0.281 e. The summed E-state index contributed by atoms with van der Waals surface area (Å²) in [5.74, 6) is -0.0172. The zero-order valence-corrected chi connectivity index (χ0v) is 12.2. The van der Waals surface area contributed by atoms with Gasteiger partial charge in [-0.15, -0.1) is 0 Å². The number of carbonyl (C=O) groups excluding carboxylic acids is 1. The van der Waals surface area contributed by atoms with Gasteiger partial charge in [0.05, 0.1) is 13.2 Å². The summed E-state index contributed by atoms with van der Waals surface area (Å²) in [5, 5.41) is 0. The van der Waals surface area contributed by atoms with Crippen LogP contribution in [0.3, 0.4) is 0 Å². The molecule has 0 atom stereocenters. The Morgan fingerprint density at radius 3 is 2.50 bits per heavy atom. The predicted octanol–water partition coefficient (Wildman–Crippen LogP) is 1.23. The first kappa shape index (κ1) is 13.5. The molecule has 0 bridgehead atoms. The molecular weight excluding hydrogens is 272 g/mol. The summed E-state index contributed by atoms with van der Waals surface area (Å²) in [4.78, 5) is 16.8. The summed E-state index contributed by atoms with van der Waals surface area (Å²) < 4.78 is 5.30. The van der Waals surface area contributed by atoms with Crippen LogP contribution in [-0.2, 0) is 22.5 Å². The third-order valence-corrected chi connectivity index (χ3v) is 4.33. The number of nitrogens with zero attached hydrogens (tertiary/aromatic N) is 2. The van der Waals surface area contributed by atoms with E-state index in [1.807, 2.05) is 15.9 Å². The minimum absolute atomic E-state index is 0.0172. The van der Waals surface area contributed by atoms with E-state index in [4.69, 9.17) is 17.0 Å². The summed E-state index contributed by atoms with van der Waals surface area (Å²) in [6.45, 7) is 4.15. The summed E-state index contributed by atoms with van der Waals surface area (Å²) in [6.07, 6.45) is 0.910. The normalized spacial score (nSPS) is 18.6. The van der Waals surface area contributed by atoms with Crippen LogP contribution in [0.2, 0.25) is 0 Å². The lowest BCUT2D eigenvalue weighted by Crippen LogP contribution is -2.49. The Labute approximate surface area is 124 Å². The molecule has 0 spiro atoms. The number of ether oxygens (including phenoxy) is 1. The molecular formula is C15H18N2O2S. The SMILES string of the molecule is O=C(C(=S)N1CCOCC1)N1CCc2ccccc2C1. The number of hydrogen-bond acceptors (Lipinski definition) is 3. The van der Waals surface area contributed by atoms with Gasteiger partial charge in [-0.25, -0.2) is 0 Å². The lowest BCUT2D eigenvalue weighted by Gasteiger charge is -2.33. The number of carbonyl (C=O) groups is 1. The fraction of sp³-hybridized carbons (Fsp3) is 0.467. The van der Waals surface area contributed by atoms with Crippen molar-refractivity contribution in [1.82, 2.24) is 9.80 Å². The molecule has 0 aromatic heterocycles. The van der Waals surface area contributed by atoms with Gasteiger partial charge in [0.25, 0.3) is 5.91 Å². The third-order valence-electron chi connectivity index (χ3n) is 3.90. The number of rotatable bonds is 0. The summed E-state index contributed by atoms with van der Waals surface area (Å²) in [7, 11) is 0. The van der Waals surface area contributed by atoms with E-state index in [0.29, 0.717) is 24.7 Å². The molecule has 3 rings (SSSR count). The largest absolute Gasteiger partial charge is 0.378 e. The maximum atomic E-state index is 12.5. The Morgan fingerprint density at radius 2 is 1.75 bits per heavy atom. The fourth-order valence-corrected chi connectivity index (χ4v) is 3.02. The Hall–Kier alpha value is -1.46. The average Bonchev–Trinajstić information content (AvgIpc) is 2.54. The molecule has 0 saturated carbocycles. The maximum absolute atomic E-state index is 12.5. The van der Waals surface area contributed by atoms with Gasteiger partial charge in [0.1, 0.15) is 0 Å². The van der Waals surface area contributed by atoms with Crippen molar-refractivity contribution in [2.45, 2.75) is 13.0 Å². The maximum Gasteiger partial charge on any atom is 0.281 e. The Kier molecular flexibility index (Phi) is 3.98. The number of benzene rings is 1. The van der Waals surface area contributed by atoms with E-state index in [1.165, 1.54) is 11.1 Å². The van der Waals surface area contributed by atoms with Crippen molar-refractivity contribution in [3.8, 4) is 0 Å². The Morgan fingerprint density at radius 1 is 1.05 bits per heavy atom. The van der Waals surface area contributed by atoms with Crippen LogP contribution in [0.4, 0.5) is 0 Å². The molecule has 106 valence electrons. The molecule has 20 heavy (non-hydrogen) atoms. The second-order valence-corrected chi connectivity index (χ2v) is 5.54. The van der Waals surface area contributed by atoms with Crippen molar-refractivity contribution in [3.05, 3.63) is 35.4 Å². The lowest BCUT2D eigenvalue weighted by molar-refractivity contribution is -0.125. The van der Waals surface area contributed by atoms with Gasteiger partial charge in [0, 0.05) is 26.2 Å². The van der Waals surface area contributed by atoms with E-state index >= 15 is 0 Å². The molecule has 2 aliphatic heterocycles. The first-order valence-electron chi connectivity index (χ1n) is 6.98. The molecule has 4 nitrogen and oxygen atoms in total. The molecule has 0 unspecified atom stereocenters. The highest BCUT2D eigenvalue weighted by atomic mass is 32.1. The Bertz CT molecular complexity index is 526. The number of amides is 1. The molecule has 0 aliphatic carbocycles. The van der Waals surface area contributed by atoms with E-state index in [2.05, 4.69) is 18.2 Å². The van der Waals surface area contributed by atoms with Crippen LogP contribution in [0, 0.1) is 0 Å². The van der Waals surface area contributed by atoms with Crippen LogP contribution in [0.1, 0.15) is 11.1 Å². The molecule has 1 saturated heterocycles. The minimum atomic E-state index is -0.0172. The van der Waals surface area contributed by atoms with Gasteiger partial charge in [-0.05, 0) is 17.5 Å². The van der Waals surface area contributed by atoms with E-state index < -0.39 is 0 Å². The second-order valence-electron chi connectivity index (χ2n) is 5.15. The molecule has 0 N–H and O–H groups in total. The first-order valence-corrected chi connectivity index (χ1v) is 7.39. The van der Waals surface area contributed by atoms with Gasteiger partial charge in [0.15, 0.2) is 4.99 Å². The van der Waals surface area contributed by atoms with Gasteiger partial charge in [-0.3, -0.25) is 4.79 Å². The fourth-order valence-electron chi connectivity index (χ4n) is 2.71. The molecule has 1 aromatic rings. The zero-order chi connectivity index (χ0) is 13.9. The van der Waals surface area contributed by atoms with Crippen LogP contribution in [0.5, 0.6) is 0 Å². The molecule has 1 fully saturated rings. The van der Waals surface area contributed by atoms with Crippen LogP contribution in [-0.4, -0.2) is 53.5 Å². The third kappa shape index (κ3) is 2.69. The van der Waals surface area contributed by atoms with Crippen molar-refractivity contribution >= 4 is 23.1 Å². The van der Waals surface area contributed by atoms with Crippen molar-refractivity contribution in [2.24, 2.45) is 0 Å². The van der Waals surface area contributed by atoms with Crippen molar-refractivity contribution < 1.29 is 9.53 Å². The van der Waals surface area contributed by atoms with Crippen molar-refractivity contribution in [3.63, 3.8) is 0 Å². The topological polar surface area (TPSA) is 32.8 Å². The van der Waals surface area contributed by atoms with Gasteiger partial charge in [0.2, 0.25) is 0 Å². The van der Waals surface area contributed by atoms with Gasteiger partial charge in [-0.2, -0.15) is 0 Å². The average molecular weight is 290 g/mol. The van der Waals surface area contributed by atoms with Crippen molar-refractivity contribution in [1.29, 1.82) is 0 Å². The molecule has 1 amide bonds. The van der Waals surface area contributed by atoms with Crippen LogP contribution >= 0.6 is 12.2 Å². The number of morpholine rings is 1. The molecule has 1 aromatic carbocycles. The highest BCUT2D eigenvalue weighted by Gasteiger charge is 2.27. The van der Waals surface area contributed by atoms with Crippen LogP contribution in [0.15, 0.2) is 24.3 Å². The van der Waals surface area contributed by atoms with Gasteiger partial charge >= 0.3 is 0 Å². The molecule has 2 heterocycles. The van der Waals surface area contributed by atoms with Crippen LogP contribution < -0.4 is 0 Å². The minimum Gasteiger partial charge on any atom is -0.378 e. The van der Waals surface area contributed by atoms with E-state index in [9.17, 15) is 4.79 Å². The van der Waals surface area contributed by atoms with Crippen molar-refractivity contribution in [2.75, 3.05) is 32.8 Å². The standard InChI is InChI=1S/C15H18N2O2S/c18-14(15(20)16-7-9-19-10-8-16)17-6-5-12-3-1-2-4-13(12)11-17/h1-4H,5-11H2. The highest BCUT2D eigenvalue weighted by molar-refractivity contribution is 7.81. The van der Waals surface area contributed by atoms with Gasteiger partial charge < -0.3 is 14.5 Å². The molecule has 5 heteroatoms. The van der Waals surface area contributed by atoms with Crippen LogP contribution in [0.25, 0.3) is 0 Å². The summed E-state index contributed by atoms with van der Waals surface area (Å²) in [6, 6.07) is 8.30. The predicted molar refractivity (Wildman–Crippen MR) is 80.6 cm³/mol. The highest BCUT2D eigenvalue weighted by Crippen LogP contribution is 2.19. The molecule has 2 aliphatic rings. The zero-order valence-electron chi connectivity index (χ0n) is 11.4. The monoisotopic (exact) mass is 290 g/mol. The number of fused-ring (bicyclic) bond motifs is 1. The number of hydrogen-bond donors (Lipinski definition) is 0. The van der Waals surface area contributed by atoms with E-state index in [1.54, 1.807) is 0 Å². The Balaban J connectivity index is 1.68. The number of thiocarbonyl (C=S) groups is 1. The first-order chi connectivity index (χ1) is 9.75. The second kappa shape index (κ2) is 5.89. The molecule has 0 radical (unpaired) electrons. The summed E-state index contributed by atoms with van der Waals surface area (Å²) >= 11 is 5.36. The summed E-state index contributed by atoms with van der Waals surface area (Å²) in [5.41, 5.74) is 2.57. The van der Waals surface area contributed by atoms with Gasteiger partial charge in [-0.1, -0.05) is 36.5 Å². The quantitative estimate of drug-likeness (QED) is 0.673. The lowest BCUT2D eigenvalue weighted by atomic mass is 10.00.